The Labute approximate surface area is 170 Å². The molecule has 0 amide bonds. The highest BCUT2D eigenvalue weighted by Gasteiger charge is 2.34. The zero-order chi connectivity index (χ0) is 20.2. The number of rotatable bonds is 2. The summed E-state index contributed by atoms with van der Waals surface area (Å²) in [7, 11) is 0. The molecule has 2 heteroatoms. The van der Waals surface area contributed by atoms with Crippen molar-refractivity contribution in [2.75, 3.05) is 0 Å². The largest absolute Gasteiger partial charge is 0.508 e. The summed E-state index contributed by atoms with van der Waals surface area (Å²) in [6, 6.07) is 20.0. The van der Waals surface area contributed by atoms with Crippen molar-refractivity contribution >= 4 is 11.6 Å². The molecule has 0 radical (unpaired) electrons. The first-order chi connectivity index (χ1) is 14.0. The van der Waals surface area contributed by atoms with Gasteiger partial charge in [0.2, 0.25) is 0 Å². The Balaban J connectivity index is 1.80. The predicted octanol–water partition coefficient (Wildman–Crippen LogP) is 4.14. The number of fused-ring (bicyclic) bond motifs is 2. The smallest absolute Gasteiger partial charge is 0.118 e. The number of hydrogen-bond acceptors (Lipinski definition) is 2. The molecule has 3 aromatic rings. The lowest BCUT2D eigenvalue weighted by molar-refractivity contribution is 0.470. The van der Waals surface area contributed by atoms with Crippen molar-refractivity contribution in [3.63, 3.8) is 0 Å². The number of hydrogen-bond donors (Lipinski definition) is 2. The van der Waals surface area contributed by atoms with E-state index < -0.39 is 5.41 Å². The molecule has 3 aromatic carbocycles. The third-order valence-corrected chi connectivity index (χ3v) is 6.12. The number of phenolic OH excluding ortho intramolecular Hbond substituents is 2. The Morgan fingerprint density at radius 2 is 1.38 bits per heavy atom. The molecule has 0 saturated carbocycles. The Morgan fingerprint density at radius 1 is 0.759 bits per heavy atom. The van der Waals surface area contributed by atoms with Crippen molar-refractivity contribution in [1.82, 2.24) is 0 Å². The molecule has 0 bridgehead atoms. The number of benzene rings is 3. The first kappa shape index (κ1) is 17.6. The molecule has 2 N–H and O–H groups in total. The maximum atomic E-state index is 10.1. The Morgan fingerprint density at radius 3 is 2.00 bits per heavy atom. The highest BCUT2D eigenvalue weighted by atomic mass is 16.3. The van der Waals surface area contributed by atoms with Crippen LogP contribution < -0.4 is 10.4 Å². The maximum absolute atomic E-state index is 10.1. The van der Waals surface area contributed by atoms with Gasteiger partial charge in [-0.25, -0.2) is 0 Å². The van der Waals surface area contributed by atoms with Gasteiger partial charge in [-0.05, 0) is 75.9 Å². The SMILES string of the molecule is Cc1cc(C2(c3ccc(O)c(C)c3)C=CC3=c4ccccc4=CC3=C2)ccc1O. The van der Waals surface area contributed by atoms with E-state index in [0.29, 0.717) is 11.5 Å². The molecular weight excluding hydrogens is 356 g/mol. The van der Waals surface area contributed by atoms with Crippen LogP contribution in [0.15, 0.2) is 84.5 Å². The first-order valence-corrected chi connectivity index (χ1v) is 9.82. The molecule has 0 aliphatic heterocycles. The summed E-state index contributed by atoms with van der Waals surface area (Å²) >= 11 is 0. The normalized spacial score (nSPS) is 16.1. The fourth-order valence-corrected chi connectivity index (χ4v) is 4.43. The van der Waals surface area contributed by atoms with Crippen molar-refractivity contribution in [2.24, 2.45) is 0 Å². The maximum Gasteiger partial charge on any atom is 0.118 e. The Bertz CT molecular complexity index is 1290. The number of aromatic hydroxyl groups is 2. The van der Waals surface area contributed by atoms with Crippen molar-refractivity contribution in [2.45, 2.75) is 19.3 Å². The molecule has 0 atom stereocenters. The van der Waals surface area contributed by atoms with E-state index in [2.05, 4.69) is 48.6 Å². The molecule has 0 unspecified atom stereocenters. The van der Waals surface area contributed by atoms with E-state index in [9.17, 15) is 10.2 Å². The third-order valence-electron chi connectivity index (χ3n) is 6.12. The molecule has 0 fully saturated rings. The van der Waals surface area contributed by atoms with Crippen LogP contribution in [0, 0.1) is 13.8 Å². The van der Waals surface area contributed by atoms with Gasteiger partial charge in [0.05, 0.1) is 5.41 Å². The molecule has 0 heterocycles. The summed E-state index contributed by atoms with van der Waals surface area (Å²) in [6.07, 6.45) is 8.99. The number of aryl methyl sites for hydroxylation is 2. The lowest BCUT2D eigenvalue weighted by Gasteiger charge is -2.33. The zero-order valence-corrected chi connectivity index (χ0v) is 16.5. The van der Waals surface area contributed by atoms with Gasteiger partial charge >= 0.3 is 0 Å². The second-order valence-electron chi connectivity index (χ2n) is 7.95. The van der Waals surface area contributed by atoms with E-state index in [1.807, 2.05) is 38.1 Å². The molecule has 5 rings (SSSR count). The minimum absolute atomic E-state index is 0.297. The topological polar surface area (TPSA) is 40.5 Å². The van der Waals surface area contributed by atoms with E-state index in [4.69, 9.17) is 0 Å². The molecule has 2 aliphatic rings. The van der Waals surface area contributed by atoms with E-state index >= 15 is 0 Å². The van der Waals surface area contributed by atoms with Crippen LogP contribution in [0.3, 0.4) is 0 Å². The van der Waals surface area contributed by atoms with E-state index in [1.165, 1.54) is 21.6 Å². The molecule has 0 spiro atoms. The quantitative estimate of drug-likeness (QED) is 0.704. The third kappa shape index (κ3) is 2.64. The van der Waals surface area contributed by atoms with Gasteiger partial charge in [0, 0.05) is 0 Å². The van der Waals surface area contributed by atoms with Crippen LogP contribution in [0.2, 0.25) is 0 Å². The van der Waals surface area contributed by atoms with Gasteiger partial charge in [0.15, 0.2) is 0 Å². The second-order valence-corrected chi connectivity index (χ2v) is 7.95. The Hall–Kier alpha value is -3.52. The molecule has 142 valence electrons. The minimum atomic E-state index is -0.478. The van der Waals surface area contributed by atoms with Gasteiger partial charge in [-0.15, -0.1) is 0 Å². The van der Waals surface area contributed by atoms with Crippen molar-refractivity contribution < 1.29 is 10.2 Å². The molecule has 0 aromatic heterocycles. The summed E-state index contributed by atoms with van der Waals surface area (Å²) in [5.41, 5.74) is 5.83. The van der Waals surface area contributed by atoms with Gasteiger partial charge < -0.3 is 10.2 Å². The van der Waals surface area contributed by atoms with Crippen molar-refractivity contribution in [3.8, 4) is 11.5 Å². The fourth-order valence-electron chi connectivity index (χ4n) is 4.43. The van der Waals surface area contributed by atoms with E-state index in [1.54, 1.807) is 12.1 Å². The van der Waals surface area contributed by atoms with Gasteiger partial charge in [-0.1, -0.05) is 66.8 Å². The van der Waals surface area contributed by atoms with Gasteiger partial charge in [0.25, 0.3) is 0 Å². The first-order valence-electron chi connectivity index (χ1n) is 9.82. The van der Waals surface area contributed by atoms with Crippen LogP contribution in [0.4, 0.5) is 0 Å². The summed E-state index contributed by atoms with van der Waals surface area (Å²) in [6.45, 7) is 3.84. The summed E-state index contributed by atoms with van der Waals surface area (Å²) < 4.78 is 0. The van der Waals surface area contributed by atoms with Crippen LogP contribution in [-0.2, 0) is 5.41 Å². The highest BCUT2D eigenvalue weighted by Crippen LogP contribution is 2.43. The summed E-state index contributed by atoms with van der Waals surface area (Å²) in [4.78, 5) is 0. The summed E-state index contributed by atoms with van der Waals surface area (Å²) in [5, 5.41) is 22.6. The fraction of sp³-hybridized carbons (Fsp3) is 0.111. The van der Waals surface area contributed by atoms with Crippen LogP contribution in [0.1, 0.15) is 22.3 Å². The lowest BCUT2D eigenvalue weighted by atomic mass is 9.69. The molecule has 0 saturated heterocycles. The minimum Gasteiger partial charge on any atom is -0.508 e. The van der Waals surface area contributed by atoms with E-state index in [0.717, 1.165) is 22.3 Å². The van der Waals surface area contributed by atoms with Crippen LogP contribution >= 0.6 is 0 Å². The average molecular weight is 378 g/mol. The van der Waals surface area contributed by atoms with Crippen molar-refractivity contribution in [3.05, 3.63) is 117 Å². The average Bonchev–Trinajstić information content (AvgIpc) is 3.09. The standard InChI is InChI=1S/C27H22O2/c1-17-13-21(7-9-25(17)28)27(22-8-10-26(29)18(2)14-22)12-11-24-20(16-27)15-19-5-3-4-6-23(19)24/h3-16,28-29H,1-2H3. The highest BCUT2D eigenvalue weighted by molar-refractivity contribution is 5.90. The predicted molar refractivity (Wildman–Crippen MR) is 117 cm³/mol. The van der Waals surface area contributed by atoms with Gasteiger partial charge in [-0.2, -0.15) is 0 Å². The lowest BCUT2D eigenvalue weighted by Crippen LogP contribution is -2.26. The van der Waals surface area contributed by atoms with Gasteiger partial charge in [-0.3, -0.25) is 0 Å². The van der Waals surface area contributed by atoms with Crippen LogP contribution in [0.5, 0.6) is 11.5 Å². The molecule has 2 aliphatic carbocycles. The Kier molecular flexibility index (Phi) is 3.78. The number of phenols is 2. The second kappa shape index (κ2) is 6.25. The monoisotopic (exact) mass is 378 g/mol. The van der Waals surface area contributed by atoms with Crippen LogP contribution in [-0.4, -0.2) is 10.2 Å². The van der Waals surface area contributed by atoms with Gasteiger partial charge in [0.1, 0.15) is 11.5 Å². The number of allylic oxidation sites excluding steroid dienone is 4. The van der Waals surface area contributed by atoms with Crippen LogP contribution in [0.25, 0.3) is 11.6 Å². The summed E-state index contributed by atoms with van der Waals surface area (Å²) in [5.74, 6) is 0.593. The molecule has 2 nitrogen and oxygen atoms in total. The molecule has 29 heavy (non-hydrogen) atoms. The van der Waals surface area contributed by atoms with E-state index in [-0.39, 0.29) is 0 Å². The zero-order valence-electron chi connectivity index (χ0n) is 16.5. The molecular formula is C27H22O2. The van der Waals surface area contributed by atoms with Crippen molar-refractivity contribution in [1.29, 1.82) is 0 Å².